The van der Waals surface area contributed by atoms with Gasteiger partial charge in [0.05, 0.1) is 6.61 Å². The van der Waals surface area contributed by atoms with Crippen LogP contribution < -0.4 is 10.4 Å². The van der Waals surface area contributed by atoms with Crippen molar-refractivity contribution >= 4 is 18.7 Å². The fourth-order valence-electron chi connectivity index (χ4n) is 12.8. The number of benzene rings is 2. The Morgan fingerprint density at radius 2 is 1.52 bits per heavy atom. The quantitative estimate of drug-likeness (QED) is 0.262. The molecule has 2 heterocycles. The fourth-order valence-corrected chi connectivity index (χ4v) is 17.5. The van der Waals surface area contributed by atoms with Crippen molar-refractivity contribution in [2.45, 2.75) is 129 Å². The monoisotopic (exact) mass is 668 g/mol. The van der Waals surface area contributed by atoms with Crippen molar-refractivity contribution in [3.05, 3.63) is 72.3 Å². The van der Waals surface area contributed by atoms with Crippen LogP contribution in [0, 0.1) is 46.3 Å². The van der Waals surface area contributed by atoms with Gasteiger partial charge >= 0.3 is 0 Å². The van der Waals surface area contributed by atoms with Crippen molar-refractivity contribution in [3.63, 3.8) is 0 Å². The first kappa shape index (κ1) is 33.4. The first-order chi connectivity index (χ1) is 22.8. The van der Waals surface area contributed by atoms with Crippen molar-refractivity contribution in [1.29, 1.82) is 0 Å². The minimum absolute atomic E-state index is 0.0180. The van der Waals surface area contributed by atoms with E-state index in [-0.39, 0.29) is 33.8 Å². The molecule has 4 aliphatic carbocycles. The zero-order valence-electron chi connectivity index (χ0n) is 30.6. The van der Waals surface area contributed by atoms with Crippen LogP contribution in [0.5, 0.6) is 0 Å². The van der Waals surface area contributed by atoms with Gasteiger partial charge in [0.2, 0.25) is 0 Å². The third-order valence-electron chi connectivity index (χ3n) is 15.1. The standard InChI is InChI=1S/C43H60O4Si/c1-29-20-25-43(45-28-29)30(2)38-41(7)24-22-36-35(37(41)27-42(38,44)47-43)19-18-31-26-32(21-23-40(31,36)6)46-48(39(3,4)5,33-14-10-8-11-15-33)34-16-12-9-13-17-34/h8-18,29-30,32,35-38,44H,19-28H2,1-7H3/t29-,30+,32+,35-,36+,37+,38-,40+,41+,42+,43-/m1/s1. The number of allylic oxidation sites excluding steroid dienone is 1. The number of aliphatic hydroxyl groups is 1. The molecular formula is C43H60O4Si. The normalized spacial score (nSPS) is 44.0. The van der Waals surface area contributed by atoms with Gasteiger partial charge in [-0.3, -0.25) is 0 Å². The summed E-state index contributed by atoms with van der Waals surface area (Å²) < 4.78 is 21.0. The summed E-state index contributed by atoms with van der Waals surface area (Å²) in [4.78, 5) is 0. The van der Waals surface area contributed by atoms with Gasteiger partial charge in [-0.1, -0.05) is 121 Å². The highest BCUT2D eigenvalue weighted by Crippen LogP contribution is 2.73. The average molecular weight is 669 g/mol. The Morgan fingerprint density at radius 1 is 0.854 bits per heavy atom. The molecule has 0 amide bonds. The number of fused-ring (bicyclic) bond motifs is 7. The van der Waals surface area contributed by atoms with Crippen LogP contribution in [-0.2, 0) is 13.9 Å². The SMILES string of the molecule is C[C@@H]1CC[C@@]2(OC1)O[C@@]1(O)C[C@H]3[C@@H]4CC=C5C[C@@H](O[Si](c6ccccc6)(c6ccccc6)C(C)(C)C)CC[C@]5(C)[C@H]4CC[C@]3(C)[C@H]1[C@@H]2C. The zero-order valence-corrected chi connectivity index (χ0v) is 31.6. The lowest BCUT2D eigenvalue weighted by Gasteiger charge is -2.59. The molecule has 11 atom stereocenters. The summed E-state index contributed by atoms with van der Waals surface area (Å²) >= 11 is 0. The van der Waals surface area contributed by atoms with E-state index < -0.39 is 19.9 Å². The average Bonchev–Trinajstić information content (AvgIpc) is 3.43. The summed E-state index contributed by atoms with van der Waals surface area (Å²) in [6.45, 7) is 17.6. The first-order valence-electron chi connectivity index (χ1n) is 19.3. The van der Waals surface area contributed by atoms with Gasteiger partial charge in [-0.15, -0.1) is 0 Å². The maximum Gasteiger partial charge on any atom is 0.261 e. The molecule has 1 spiro atoms. The molecule has 0 bridgehead atoms. The molecule has 2 aromatic carbocycles. The molecule has 260 valence electrons. The van der Waals surface area contributed by atoms with E-state index in [1.54, 1.807) is 5.57 Å². The number of hydrogen-bond donors (Lipinski definition) is 1. The Morgan fingerprint density at radius 3 is 2.12 bits per heavy atom. The smallest absolute Gasteiger partial charge is 0.261 e. The minimum atomic E-state index is -2.61. The molecule has 0 radical (unpaired) electrons. The van der Waals surface area contributed by atoms with Crippen LogP contribution in [0.15, 0.2) is 72.3 Å². The zero-order chi connectivity index (χ0) is 33.7. The van der Waals surface area contributed by atoms with Crippen LogP contribution >= 0.6 is 0 Å². The molecule has 2 aromatic rings. The van der Waals surface area contributed by atoms with E-state index in [4.69, 9.17) is 13.9 Å². The molecule has 4 nitrogen and oxygen atoms in total. The van der Waals surface area contributed by atoms with Crippen LogP contribution in [0.25, 0.3) is 0 Å². The summed E-state index contributed by atoms with van der Waals surface area (Å²) in [5.41, 5.74) is 1.93. The Hall–Kier alpha value is -1.76. The molecular weight excluding hydrogens is 609 g/mol. The predicted octanol–water partition coefficient (Wildman–Crippen LogP) is 8.62. The summed E-state index contributed by atoms with van der Waals surface area (Å²) in [6.07, 6.45) is 12.5. The highest BCUT2D eigenvalue weighted by Gasteiger charge is 2.74. The lowest BCUT2D eigenvalue weighted by Crippen LogP contribution is -2.68. The van der Waals surface area contributed by atoms with Crippen molar-refractivity contribution in [2.75, 3.05) is 6.61 Å². The van der Waals surface area contributed by atoms with Gasteiger partial charge in [-0.05, 0) is 94.9 Å². The summed E-state index contributed by atoms with van der Waals surface area (Å²) in [5.74, 6) is 0.969. The Kier molecular flexibility index (Phi) is 7.91. The topological polar surface area (TPSA) is 47.9 Å². The van der Waals surface area contributed by atoms with Crippen molar-refractivity contribution in [3.8, 4) is 0 Å². The second-order valence-electron chi connectivity index (χ2n) is 18.6. The molecule has 1 N–H and O–H groups in total. The second kappa shape index (κ2) is 11.4. The Balaban J connectivity index is 1.06. The first-order valence-corrected chi connectivity index (χ1v) is 21.2. The third kappa shape index (κ3) is 4.73. The molecule has 8 rings (SSSR count). The van der Waals surface area contributed by atoms with E-state index in [0.29, 0.717) is 23.7 Å². The summed E-state index contributed by atoms with van der Waals surface area (Å²) in [7, 11) is -2.61. The highest BCUT2D eigenvalue weighted by molar-refractivity contribution is 6.99. The maximum atomic E-state index is 12.3. The van der Waals surface area contributed by atoms with Gasteiger partial charge in [-0.25, -0.2) is 0 Å². The molecule has 2 saturated heterocycles. The van der Waals surface area contributed by atoms with E-state index in [1.165, 1.54) is 29.6 Å². The van der Waals surface area contributed by atoms with Crippen LogP contribution in [0.3, 0.4) is 0 Å². The molecule has 6 aliphatic rings. The van der Waals surface area contributed by atoms with Crippen LogP contribution in [0.4, 0.5) is 0 Å². The molecule has 2 aliphatic heterocycles. The van der Waals surface area contributed by atoms with Crippen molar-refractivity contribution < 1.29 is 19.0 Å². The van der Waals surface area contributed by atoms with Gasteiger partial charge < -0.3 is 19.0 Å². The van der Waals surface area contributed by atoms with E-state index in [1.807, 2.05) is 0 Å². The highest BCUT2D eigenvalue weighted by atomic mass is 28.4. The van der Waals surface area contributed by atoms with Gasteiger partial charge in [0, 0.05) is 30.8 Å². The lowest BCUT2D eigenvalue weighted by atomic mass is 9.47. The lowest BCUT2D eigenvalue weighted by molar-refractivity contribution is -0.331. The minimum Gasteiger partial charge on any atom is -0.404 e. The van der Waals surface area contributed by atoms with Crippen molar-refractivity contribution in [2.24, 2.45) is 46.3 Å². The summed E-state index contributed by atoms with van der Waals surface area (Å²) in [5, 5.41) is 15.1. The second-order valence-corrected chi connectivity index (χ2v) is 22.9. The predicted molar refractivity (Wildman–Crippen MR) is 195 cm³/mol. The number of hydrogen-bond acceptors (Lipinski definition) is 4. The number of ether oxygens (including phenoxy) is 2. The van der Waals surface area contributed by atoms with Crippen LogP contribution in [0.2, 0.25) is 5.04 Å². The maximum absolute atomic E-state index is 12.3. The van der Waals surface area contributed by atoms with Crippen LogP contribution in [-0.4, -0.2) is 37.7 Å². The molecule has 5 fully saturated rings. The summed E-state index contributed by atoms with van der Waals surface area (Å²) in [6, 6.07) is 22.3. The van der Waals surface area contributed by atoms with Crippen LogP contribution in [0.1, 0.15) is 106 Å². The van der Waals surface area contributed by atoms with E-state index in [9.17, 15) is 5.11 Å². The fraction of sp³-hybridized carbons (Fsp3) is 0.674. The van der Waals surface area contributed by atoms with Gasteiger partial charge in [0.15, 0.2) is 11.6 Å². The van der Waals surface area contributed by atoms with Gasteiger partial charge in [0.25, 0.3) is 8.32 Å². The molecule has 0 unspecified atom stereocenters. The molecule has 3 saturated carbocycles. The Labute approximate surface area is 291 Å². The van der Waals surface area contributed by atoms with E-state index in [0.717, 1.165) is 45.1 Å². The van der Waals surface area contributed by atoms with E-state index in [2.05, 4.69) is 115 Å². The van der Waals surface area contributed by atoms with Crippen molar-refractivity contribution in [1.82, 2.24) is 0 Å². The molecule has 0 aromatic heterocycles. The molecule has 48 heavy (non-hydrogen) atoms. The van der Waals surface area contributed by atoms with E-state index >= 15 is 0 Å². The van der Waals surface area contributed by atoms with Gasteiger partial charge in [0.1, 0.15) is 0 Å². The van der Waals surface area contributed by atoms with Gasteiger partial charge in [-0.2, -0.15) is 0 Å². The Bertz CT molecular complexity index is 1490. The number of rotatable bonds is 4. The largest absolute Gasteiger partial charge is 0.404 e. The molecule has 5 heteroatoms. The third-order valence-corrected chi connectivity index (χ3v) is 20.2.